The van der Waals surface area contributed by atoms with E-state index in [1.54, 1.807) is 24.3 Å². The van der Waals surface area contributed by atoms with E-state index >= 15 is 0 Å². The maximum absolute atomic E-state index is 14.2. The second kappa shape index (κ2) is 10.7. The van der Waals surface area contributed by atoms with Gasteiger partial charge in [0.05, 0.1) is 5.70 Å². The zero-order valence-electron chi connectivity index (χ0n) is 21.6. The zero-order valence-corrected chi connectivity index (χ0v) is 21.6. The van der Waals surface area contributed by atoms with Crippen molar-refractivity contribution in [1.82, 2.24) is 4.98 Å². The third-order valence-corrected chi connectivity index (χ3v) is 6.40. The first kappa shape index (κ1) is 25.1. The number of aromatic amines is 1. The van der Waals surface area contributed by atoms with Crippen LogP contribution in [0, 0.1) is 19.7 Å². The molecule has 0 aliphatic rings. The van der Waals surface area contributed by atoms with Crippen LogP contribution in [0.15, 0.2) is 78.7 Å². The molecular weight excluding hydrogens is 451 g/mol. The zero-order chi connectivity index (χ0) is 25.8. The molecule has 1 aromatic heterocycles. The summed E-state index contributed by atoms with van der Waals surface area (Å²) in [5.41, 5.74) is 7.51. The van der Waals surface area contributed by atoms with E-state index in [1.165, 1.54) is 17.2 Å². The van der Waals surface area contributed by atoms with Gasteiger partial charge in [-0.15, -0.1) is 0 Å². The van der Waals surface area contributed by atoms with Gasteiger partial charge in [-0.1, -0.05) is 32.6 Å². The van der Waals surface area contributed by atoms with Gasteiger partial charge < -0.3 is 19.8 Å². The van der Waals surface area contributed by atoms with Crippen molar-refractivity contribution in [3.63, 3.8) is 0 Å². The molecule has 4 aromatic rings. The fraction of sp³-hybridized carbons (Fsp3) is 0.226. The molecule has 0 fully saturated rings. The van der Waals surface area contributed by atoms with Crippen LogP contribution in [0.4, 0.5) is 10.1 Å². The number of nitrogens with one attached hydrogen (secondary N) is 2. The Labute approximate surface area is 212 Å². The van der Waals surface area contributed by atoms with E-state index in [0.717, 1.165) is 46.3 Å². The molecule has 0 aliphatic heterocycles. The molecule has 4 rings (SSSR count). The fourth-order valence-corrected chi connectivity index (χ4v) is 4.48. The summed E-state index contributed by atoms with van der Waals surface area (Å²) in [7, 11) is 0. The molecule has 0 aliphatic carbocycles. The van der Waals surface area contributed by atoms with Gasteiger partial charge in [-0.05, 0) is 92.3 Å². The average molecular weight is 485 g/mol. The normalized spacial score (nSPS) is 11.8. The minimum absolute atomic E-state index is 0.190. The fourth-order valence-electron chi connectivity index (χ4n) is 4.48. The predicted molar refractivity (Wildman–Crippen MR) is 147 cm³/mol. The molecular formula is C31H33FN2O2. The summed E-state index contributed by atoms with van der Waals surface area (Å²) in [5, 5.41) is 4.58. The van der Waals surface area contributed by atoms with Crippen molar-refractivity contribution in [2.45, 2.75) is 47.5 Å². The summed E-state index contributed by atoms with van der Waals surface area (Å²) in [6.07, 6.45) is 3.50. The van der Waals surface area contributed by atoms with Crippen LogP contribution in [0.1, 0.15) is 43.0 Å². The number of hydrogen-bond acceptors (Lipinski definition) is 3. The van der Waals surface area contributed by atoms with Crippen LogP contribution in [-0.4, -0.2) is 4.98 Å². The standard InChI is InChI=1S/C31H33FN2O2/c1-7-22-16-27-23(14-19(22)4)17-31(34-27)36-29(9-3)21(6)33-28-18-24(15-20(5)25(28)8-2)35-30-13-11-10-12-26(30)32/h9-18,33-34H,3,7-8H2,1-2,4-6H3/b29-21-. The number of fused-ring (bicyclic) bond motifs is 1. The molecule has 0 spiro atoms. The molecule has 4 nitrogen and oxygen atoms in total. The first-order valence-electron chi connectivity index (χ1n) is 12.3. The summed E-state index contributed by atoms with van der Waals surface area (Å²) in [6, 6.07) is 16.6. The van der Waals surface area contributed by atoms with E-state index in [2.05, 4.69) is 49.8 Å². The van der Waals surface area contributed by atoms with Gasteiger partial charge in [0.15, 0.2) is 17.4 Å². The van der Waals surface area contributed by atoms with Crippen molar-refractivity contribution in [2.75, 3.05) is 5.32 Å². The van der Waals surface area contributed by atoms with E-state index < -0.39 is 5.82 Å². The molecule has 36 heavy (non-hydrogen) atoms. The Morgan fingerprint density at radius 3 is 2.50 bits per heavy atom. The van der Waals surface area contributed by atoms with Crippen molar-refractivity contribution in [2.24, 2.45) is 0 Å². The number of ether oxygens (including phenoxy) is 2. The second-order valence-corrected chi connectivity index (χ2v) is 8.93. The Kier molecular flexibility index (Phi) is 7.49. The van der Waals surface area contributed by atoms with E-state index in [4.69, 9.17) is 9.47 Å². The van der Waals surface area contributed by atoms with Gasteiger partial charge >= 0.3 is 0 Å². The van der Waals surface area contributed by atoms with Gasteiger partial charge in [-0.2, -0.15) is 0 Å². The smallest absolute Gasteiger partial charge is 0.198 e. The molecule has 0 saturated heterocycles. The van der Waals surface area contributed by atoms with E-state index in [-0.39, 0.29) is 5.75 Å². The molecule has 186 valence electrons. The molecule has 0 saturated carbocycles. The lowest BCUT2D eigenvalue weighted by Crippen LogP contribution is -2.07. The highest BCUT2D eigenvalue weighted by Gasteiger charge is 2.13. The van der Waals surface area contributed by atoms with E-state index in [9.17, 15) is 4.39 Å². The largest absolute Gasteiger partial charge is 0.454 e. The van der Waals surface area contributed by atoms with Gasteiger partial charge in [-0.3, -0.25) is 0 Å². The quantitative estimate of drug-likeness (QED) is 0.184. The number of H-pyrrole nitrogens is 1. The van der Waals surface area contributed by atoms with Crippen LogP contribution in [0.3, 0.4) is 0 Å². The lowest BCUT2D eigenvalue weighted by Gasteiger charge is -2.18. The number of anilines is 1. The molecule has 1 heterocycles. The van der Waals surface area contributed by atoms with Crippen LogP contribution >= 0.6 is 0 Å². The highest BCUT2D eigenvalue weighted by Crippen LogP contribution is 2.33. The maximum Gasteiger partial charge on any atom is 0.198 e. The summed E-state index contributed by atoms with van der Waals surface area (Å²) in [5.74, 6) is 1.60. The molecule has 0 bridgehead atoms. The first-order valence-corrected chi connectivity index (χ1v) is 12.3. The molecule has 0 atom stereocenters. The molecule has 5 heteroatoms. The Bertz CT molecular complexity index is 1450. The number of halogens is 1. The molecule has 0 radical (unpaired) electrons. The van der Waals surface area contributed by atoms with Crippen molar-refractivity contribution in [1.29, 1.82) is 0 Å². The maximum atomic E-state index is 14.2. The third kappa shape index (κ3) is 5.30. The highest BCUT2D eigenvalue weighted by atomic mass is 19.1. The monoisotopic (exact) mass is 484 g/mol. The number of aryl methyl sites for hydroxylation is 3. The minimum Gasteiger partial charge on any atom is -0.454 e. The molecule has 3 aromatic carbocycles. The van der Waals surface area contributed by atoms with Crippen LogP contribution in [-0.2, 0) is 12.8 Å². The number of hydrogen-bond donors (Lipinski definition) is 2. The number of allylic oxidation sites excluding steroid dienone is 2. The molecule has 2 N–H and O–H groups in total. The number of benzene rings is 3. The SMILES string of the molecule is C=C/C(Oc1cc2cc(C)c(CC)cc2[nH]1)=C(\C)Nc1cc(Oc2ccccc2F)cc(C)c1CC. The average Bonchev–Trinajstić information content (AvgIpc) is 3.24. The number of aromatic nitrogens is 1. The Morgan fingerprint density at radius 1 is 1.03 bits per heavy atom. The van der Waals surface area contributed by atoms with Crippen LogP contribution < -0.4 is 14.8 Å². The van der Waals surface area contributed by atoms with Crippen LogP contribution in [0.25, 0.3) is 10.9 Å². The van der Waals surface area contributed by atoms with Crippen molar-refractivity contribution < 1.29 is 13.9 Å². The first-order chi connectivity index (χ1) is 17.3. The Morgan fingerprint density at radius 2 is 1.81 bits per heavy atom. The topological polar surface area (TPSA) is 46.3 Å². The summed E-state index contributed by atoms with van der Waals surface area (Å²) >= 11 is 0. The van der Waals surface area contributed by atoms with Crippen LogP contribution in [0.5, 0.6) is 17.4 Å². The third-order valence-electron chi connectivity index (χ3n) is 6.40. The number of rotatable bonds is 9. The molecule has 0 amide bonds. The van der Waals surface area contributed by atoms with Gasteiger partial charge in [0.25, 0.3) is 0 Å². The second-order valence-electron chi connectivity index (χ2n) is 8.93. The van der Waals surface area contributed by atoms with Crippen molar-refractivity contribution >= 4 is 16.6 Å². The highest BCUT2D eigenvalue weighted by molar-refractivity contribution is 5.83. The van der Waals surface area contributed by atoms with Gasteiger partial charge in [0.2, 0.25) is 0 Å². The van der Waals surface area contributed by atoms with Gasteiger partial charge in [0, 0.05) is 28.7 Å². The lowest BCUT2D eigenvalue weighted by atomic mass is 10.0. The summed E-state index contributed by atoms with van der Waals surface area (Å²) in [6.45, 7) is 14.3. The minimum atomic E-state index is -0.401. The molecule has 0 unspecified atom stereocenters. The van der Waals surface area contributed by atoms with Crippen LogP contribution in [0.2, 0.25) is 0 Å². The van der Waals surface area contributed by atoms with Gasteiger partial charge in [0.1, 0.15) is 11.5 Å². The van der Waals surface area contributed by atoms with Crippen molar-refractivity contribution in [3.05, 3.63) is 107 Å². The number of para-hydroxylation sites is 1. The Hall–Kier alpha value is -3.99. The lowest BCUT2D eigenvalue weighted by molar-refractivity contribution is 0.425. The summed E-state index contributed by atoms with van der Waals surface area (Å²) < 4.78 is 26.2. The van der Waals surface area contributed by atoms with Gasteiger partial charge in [-0.25, -0.2) is 4.39 Å². The van der Waals surface area contributed by atoms with E-state index in [0.29, 0.717) is 17.4 Å². The Balaban J connectivity index is 1.63. The summed E-state index contributed by atoms with van der Waals surface area (Å²) in [4.78, 5) is 3.37. The van der Waals surface area contributed by atoms with Crippen molar-refractivity contribution in [3.8, 4) is 17.4 Å². The van der Waals surface area contributed by atoms with E-state index in [1.807, 2.05) is 32.0 Å². The predicted octanol–water partition coefficient (Wildman–Crippen LogP) is 8.75.